The van der Waals surface area contributed by atoms with Crippen molar-refractivity contribution < 1.29 is 0 Å². The van der Waals surface area contributed by atoms with Crippen LogP contribution < -0.4 is 4.90 Å². The molecule has 0 unspecified atom stereocenters. The van der Waals surface area contributed by atoms with Gasteiger partial charge < -0.3 is 9.88 Å². The van der Waals surface area contributed by atoms with Gasteiger partial charge in [-0.05, 0) is 38.1 Å². The van der Waals surface area contributed by atoms with Crippen molar-refractivity contribution in [3.63, 3.8) is 0 Å². The maximum atomic E-state index is 4.53. The molecule has 1 N–H and O–H groups in total. The molecule has 0 atom stereocenters. The molecule has 5 nitrogen and oxygen atoms in total. The first-order valence-corrected chi connectivity index (χ1v) is 6.83. The molecule has 2 aromatic heterocycles. The number of benzene rings is 1. The number of rotatable bonds is 4. The molecular weight excluding hydrogens is 250 g/mol. The minimum Gasteiger partial charge on any atom is -0.372 e. The number of hydrogen-bond acceptors (Lipinski definition) is 4. The Kier molecular flexibility index (Phi) is 3.33. The Morgan fingerprint density at radius 2 is 1.70 bits per heavy atom. The van der Waals surface area contributed by atoms with E-state index in [1.54, 1.807) is 12.4 Å². The van der Waals surface area contributed by atoms with Gasteiger partial charge in [-0.25, -0.2) is 4.98 Å². The van der Waals surface area contributed by atoms with Crippen molar-refractivity contribution in [2.75, 3.05) is 18.0 Å². The van der Waals surface area contributed by atoms with Crippen LogP contribution in [0.15, 0.2) is 36.7 Å². The predicted molar refractivity (Wildman–Crippen MR) is 80.7 cm³/mol. The van der Waals surface area contributed by atoms with Crippen molar-refractivity contribution >= 4 is 16.7 Å². The van der Waals surface area contributed by atoms with E-state index in [0.717, 1.165) is 35.5 Å². The SMILES string of the molecule is CCN(CC)c1ccc(-c2nc3cnncc3[nH]2)cc1. The summed E-state index contributed by atoms with van der Waals surface area (Å²) < 4.78 is 0. The zero-order valence-electron chi connectivity index (χ0n) is 11.7. The third kappa shape index (κ3) is 2.22. The fraction of sp³-hybridized carbons (Fsp3) is 0.267. The summed E-state index contributed by atoms with van der Waals surface area (Å²) >= 11 is 0. The van der Waals surface area contributed by atoms with Gasteiger partial charge in [-0.15, -0.1) is 0 Å². The van der Waals surface area contributed by atoms with Crippen molar-refractivity contribution in [2.24, 2.45) is 0 Å². The summed E-state index contributed by atoms with van der Waals surface area (Å²) in [6.07, 6.45) is 3.36. The molecule has 102 valence electrons. The predicted octanol–water partition coefficient (Wildman–Crippen LogP) is 2.87. The minimum absolute atomic E-state index is 0.836. The lowest BCUT2D eigenvalue weighted by molar-refractivity contribution is 0.866. The fourth-order valence-electron chi connectivity index (χ4n) is 2.33. The zero-order valence-corrected chi connectivity index (χ0v) is 11.7. The third-order valence-electron chi connectivity index (χ3n) is 3.46. The van der Waals surface area contributed by atoms with Crippen LogP contribution >= 0.6 is 0 Å². The normalized spacial score (nSPS) is 10.9. The van der Waals surface area contributed by atoms with Crippen LogP contribution in [0.3, 0.4) is 0 Å². The molecule has 3 aromatic rings. The molecule has 0 aliphatic carbocycles. The van der Waals surface area contributed by atoms with E-state index in [0.29, 0.717) is 0 Å². The summed E-state index contributed by atoms with van der Waals surface area (Å²) in [5, 5.41) is 7.69. The van der Waals surface area contributed by atoms with Crippen LogP contribution in [0.5, 0.6) is 0 Å². The Morgan fingerprint density at radius 1 is 1.00 bits per heavy atom. The molecule has 0 aliphatic rings. The van der Waals surface area contributed by atoms with E-state index >= 15 is 0 Å². The van der Waals surface area contributed by atoms with E-state index in [4.69, 9.17) is 0 Å². The van der Waals surface area contributed by atoms with Gasteiger partial charge in [-0.2, -0.15) is 10.2 Å². The van der Waals surface area contributed by atoms with E-state index in [1.165, 1.54) is 5.69 Å². The van der Waals surface area contributed by atoms with Crippen molar-refractivity contribution in [3.8, 4) is 11.4 Å². The van der Waals surface area contributed by atoms with Crippen LogP contribution in [-0.2, 0) is 0 Å². The number of aromatic nitrogens is 4. The third-order valence-corrected chi connectivity index (χ3v) is 3.46. The molecule has 0 radical (unpaired) electrons. The number of H-pyrrole nitrogens is 1. The van der Waals surface area contributed by atoms with Gasteiger partial charge in [0.2, 0.25) is 0 Å². The molecule has 3 rings (SSSR count). The topological polar surface area (TPSA) is 57.7 Å². The highest BCUT2D eigenvalue weighted by atomic mass is 15.1. The second-order valence-corrected chi connectivity index (χ2v) is 4.59. The van der Waals surface area contributed by atoms with E-state index in [1.807, 2.05) is 0 Å². The molecular formula is C15H17N5. The van der Waals surface area contributed by atoms with E-state index in [-0.39, 0.29) is 0 Å². The van der Waals surface area contributed by atoms with Gasteiger partial charge in [0.1, 0.15) is 11.3 Å². The molecule has 20 heavy (non-hydrogen) atoms. The van der Waals surface area contributed by atoms with E-state index in [2.05, 4.69) is 63.2 Å². The Bertz CT molecular complexity index is 665. The van der Waals surface area contributed by atoms with Gasteiger partial charge in [0.25, 0.3) is 0 Å². The molecule has 0 saturated carbocycles. The quantitative estimate of drug-likeness (QED) is 0.789. The van der Waals surface area contributed by atoms with Crippen molar-refractivity contribution in [3.05, 3.63) is 36.7 Å². The summed E-state index contributed by atoms with van der Waals surface area (Å²) in [6.45, 7) is 6.35. The monoisotopic (exact) mass is 267 g/mol. The van der Waals surface area contributed by atoms with Crippen LogP contribution in [0.1, 0.15) is 13.8 Å². The largest absolute Gasteiger partial charge is 0.372 e. The molecule has 5 heteroatoms. The van der Waals surface area contributed by atoms with Gasteiger partial charge in [0.05, 0.1) is 17.9 Å². The Labute approximate surface area is 117 Å². The average Bonchev–Trinajstić information content (AvgIpc) is 2.93. The van der Waals surface area contributed by atoms with E-state index < -0.39 is 0 Å². The lowest BCUT2D eigenvalue weighted by atomic mass is 10.2. The number of fused-ring (bicyclic) bond motifs is 1. The number of anilines is 1. The van der Waals surface area contributed by atoms with Crippen molar-refractivity contribution in [1.29, 1.82) is 0 Å². The highest BCUT2D eigenvalue weighted by Crippen LogP contribution is 2.22. The summed E-state index contributed by atoms with van der Waals surface area (Å²) in [5.41, 5.74) is 4.04. The van der Waals surface area contributed by atoms with Gasteiger partial charge in [0, 0.05) is 24.3 Å². The van der Waals surface area contributed by atoms with Crippen LogP contribution in [-0.4, -0.2) is 33.3 Å². The molecule has 0 saturated heterocycles. The molecule has 2 heterocycles. The number of imidazole rings is 1. The van der Waals surface area contributed by atoms with Gasteiger partial charge >= 0.3 is 0 Å². The van der Waals surface area contributed by atoms with Crippen LogP contribution in [0.4, 0.5) is 5.69 Å². The van der Waals surface area contributed by atoms with Crippen LogP contribution in [0.25, 0.3) is 22.4 Å². The minimum atomic E-state index is 0.836. The first-order valence-electron chi connectivity index (χ1n) is 6.83. The lowest BCUT2D eigenvalue weighted by Crippen LogP contribution is -2.21. The molecule has 1 aromatic carbocycles. The average molecular weight is 267 g/mol. The van der Waals surface area contributed by atoms with Gasteiger partial charge in [-0.1, -0.05) is 0 Å². The maximum Gasteiger partial charge on any atom is 0.138 e. The summed E-state index contributed by atoms with van der Waals surface area (Å²) in [7, 11) is 0. The first-order chi connectivity index (χ1) is 9.81. The van der Waals surface area contributed by atoms with Crippen molar-refractivity contribution in [1.82, 2.24) is 20.2 Å². The molecule has 0 amide bonds. The lowest BCUT2D eigenvalue weighted by Gasteiger charge is -2.20. The Hall–Kier alpha value is -2.43. The Morgan fingerprint density at radius 3 is 2.35 bits per heavy atom. The number of aromatic amines is 1. The molecule has 0 bridgehead atoms. The number of hydrogen-bond donors (Lipinski definition) is 1. The van der Waals surface area contributed by atoms with Gasteiger partial charge in [0.15, 0.2) is 0 Å². The van der Waals surface area contributed by atoms with Crippen LogP contribution in [0.2, 0.25) is 0 Å². The highest BCUT2D eigenvalue weighted by Gasteiger charge is 2.07. The fourth-order valence-corrected chi connectivity index (χ4v) is 2.33. The summed E-state index contributed by atoms with van der Waals surface area (Å²) in [6, 6.07) is 8.44. The second kappa shape index (κ2) is 5.28. The first kappa shape index (κ1) is 12.6. The van der Waals surface area contributed by atoms with E-state index in [9.17, 15) is 0 Å². The molecule has 0 spiro atoms. The van der Waals surface area contributed by atoms with Crippen LogP contribution in [0, 0.1) is 0 Å². The van der Waals surface area contributed by atoms with Gasteiger partial charge in [-0.3, -0.25) is 0 Å². The molecule has 0 aliphatic heterocycles. The summed E-state index contributed by atoms with van der Waals surface area (Å²) in [5.74, 6) is 0.848. The highest BCUT2D eigenvalue weighted by molar-refractivity contribution is 5.77. The zero-order chi connectivity index (χ0) is 13.9. The second-order valence-electron chi connectivity index (χ2n) is 4.59. The standard InChI is InChI=1S/C15H17N5/c1-3-20(4-2)12-7-5-11(6-8-12)15-18-13-9-16-17-10-14(13)19-15/h5-10H,3-4H2,1-2H3,(H,18,19). The molecule has 0 fully saturated rings. The Balaban J connectivity index is 1.94. The number of nitrogens with one attached hydrogen (secondary N) is 1. The summed E-state index contributed by atoms with van der Waals surface area (Å²) in [4.78, 5) is 10.1. The smallest absolute Gasteiger partial charge is 0.138 e. The maximum absolute atomic E-state index is 4.53. The van der Waals surface area contributed by atoms with Crippen molar-refractivity contribution in [2.45, 2.75) is 13.8 Å². The number of nitrogens with zero attached hydrogens (tertiary/aromatic N) is 4.